The summed E-state index contributed by atoms with van der Waals surface area (Å²) in [6.07, 6.45) is 6.76. The molecule has 0 atom stereocenters. The lowest BCUT2D eigenvalue weighted by atomic mass is 10.1. The largest absolute Gasteiger partial charge is 0.335 e. The summed E-state index contributed by atoms with van der Waals surface area (Å²) in [5.74, 6) is 1.00. The summed E-state index contributed by atoms with van der Waals surface area (Å²) < 4.78 is 2.14. The molecule has 0 saturated heterocycles. The molecular formula is C14H17N3O2. The van der Waals surface area contributed by atoms with E-state index in [9.17, 15) is 10.1 Å². The number of hydrogen-bond donors (Lipinski definition) is 0. The quantitative estimate of drug-likeness (QED) is 0.591. The SMILES string of the molecule is CCCCn1ccnc1Cc1ccc([N+](=O)[O-])cc1. The fraction of sp³-hybridized carbons (Fsp3) is 0.357. The van der Waals surface area contributed by atoms with E-state index < -0.39 is 0 Å². The molecule has 0 aliphatic carbocycles. The van der Waals surface area contributed by atoms with Crippen molar-refractivity contribution in [2.45, 2.75) is 32.7 Å². The molecule has 0 aliphatic heterocycles. The van der Waals surface area contributed by atoms with E-state index in [-0.39, 0.29) is 10.6 Å². The normalized spacial score (nSPS) is 10.6. The molecule has 0 radical (unpaired) electrons. The molecule has 0 unspecified atom stereocenters. The van der Waals surface area contributed by atoms with Crippen molar-refractivity contribution in [3.8, 4) is 0 Å². The second-order valence-corrected chi connectivity index (χ2v) is 4.49. The highest BCUT2D eigenvalue weighted by Gasteiger charge is 2.07. The highest BCUT2D eigenvalue weighted by molar-refractivity contribution is 5.34. The third-order valence-corrected chi connectivity index (χ3v) is 3.06. The van der Waals surface area contributed by atoms with Crippen LogP contribution in [0.4, 0.5) is 5.69 Å². The van der Waals surface area contributed by atoms with Crippen LogP contribution in [-0.4, -0.2) is 14.5 Å². The number of nitro benzene ring substituents is 1. The lowest BCUT2D eigenvalue weighted by Gasteiger charge is -2.07. The average molecular weight is 259 g/mol. The average Bonchev–Trinajstić information content (AvgIpc) is 2.84. The van der Waals surface area contributed by atoms with Gasteiger partial charge in [-0.25, -0.2) is 4.98 Å². The number of aryl methyl sites for hydroxylation is 1. The predicted molar refractivity (Wildman–Crippen MR) is 73.0 cm³/mol. The van der Waals surface area contributed by atoms with Crippen LogP contribution in [0.5, 0.6) is 0 Å². The second-order valence-electron chi connectivity index (χ2n) is 4.49. The monoisotopic (exact) mass is 259 g/mol. The smallest absolute Gasteiger partial charge is 0.269 e. The molecule has 0 aliphatic rings. The van der Waals surface area contributed by atoms with Crippen molar-refractivity contribution in [2.75, 3.05) is 0 Å². The molecule has 1 aromatic carbocycles. The van der Waals surface area contributed by atoms with E-state index in [0.29, 0.717) is 6.42 Å². The maximum Gasteiger partial charge on any atom is 0.269 e. The Balaban J connectivity index is 2.08. The Hall–Kier alpha value is -2.17. The molecule has 1 aromatic heterocycles. The number of aromatic nitrogens is 2. The van der Waals surface area contributed by atoms with Crippen LogP contribution in [0.15, 0.2) is 36.7 Å². The molecule has 19 heavy (non-hydrogen) atoms. The Kier molecular flexibility index (Phi) is 4.28. The van der Waals surface area contributed by atoms with Gasteiger partial charge in [0, 0.05) is 37.5 Å². The number of imidazole rings is 1. The van der Waals surface area contributed by atoms with Gasteiger partial charge in [-0.15, -0.1) is 0 Å². The summed E-state index contributed by atoms with van der Waals surface area (Å²) in [4.78, 5) is 14.6. The lowest BCUT2D eigenvalue weighted by molar-refractivity contribution is -0.384. The first-order valence-electron chi connectivity index (χ1n) is 6.44. The number of nitrogens with zero attached hydrogens (tertiary/aromatic N) is 3. The van der Waals surface area contributed by atoms with Crippen molar-refractivity contribution >= 4 is 5.69 Å². The van der Waals surface area contributed by atoms with Crippen molar-refractivity contribution in [3.63, 3.8) is 0 Å². The first-order valence-corrected chi connectivity index (χ1v) is 6.44. The molecule has 0 bridgehead atoms. The Morgan fingerprint density at radius 2 is 2.05 bits per heavy atom. The number of unbranched alkanes of at least 4 members (excludes halogenated alkanes) is 1. The van der Waals surface area contributed by atoms with Gasteiger partial charge >= 0.3 is 0 Å². The number of rotatable bonds is 6. The van der Waals surface area contributed by atoms with Crippen LogP contribution >= 0.6 is 0 Å². The standard InChI is InChI=1S/C14H17N3O2/c1-2-3-9-16-10-8-15-14(16)11-12-4-6-13(7-5-12)17(18)19/h4-8,10H,2-3,9,11H2,1H3. The number of hydrogen-bond acceptors (Lipinski definition) is 3. The number of nitro groups is 1. The highest BCUT2D eigenvalue weighted by atomic mass is 16.6. The maximum absolute atomic E-state index is 10.6. The highest BCUT2D eigenvalue weighted by Crippen LogP contribution is 2.14. The molecule has 0 spiro atoms. The Labute approximate surface area is 112 Å². The van der Waals surface area contributed by atoms with E-state index in [1.165, 1.54) is 12.1 Å². The van der Waals surface area contributed by atoms with Crippen LogP contribution in [0, 0.1) is 10.1 Å². The molecule has 0 fully saturated rings. The molecule has 2 aromatic rings. The van der Waals surface area contributed by atoms with Crippen LogP contribution in [0.2, 0.25) is 0 Å². The van der Waals surface area contributed by atoms with Crippen molar-refractivity contribution < 1.29 is 4.92 Å². The van der Waals surface area contributed by atoms with E-state index >= 15 is 0 Å². The van der Waals surface area contributed by atoms with E-state index in [1.54, 1.807) is 18.3 Å². The Morgan fingerprint density at radius 1 is 1.32 bits per heavy atom. The third-order valence-electron chi connectivity index (χ3n) is 3.06. The predicted octanol–water partition coefficient (Wildman–Crippen LogP) is 3.18. The second kappa shape index (κ2) is 6.13. The van der Waals surface area contributed by atoms with Crippen LogP contribution in [-0.2, 0) is 13.0 Å². The zero-order valence-electron chi connectivity index (χ0n) is 11.0. The topological polar surface area (TPSA) is 61.0 Å². The fourth-order valence-electron chi connectivity index (χ4n) is 1.96. The van der Waals surface area contributed by atoms with Gasteiger partial charge in [0.15, 0.2) is 0 Å². The summed E-state index contributed by atoms with van der Waals surface area (Å²) in [6.45, 7) is 3.13. The van der Waals surface area contributed by atoms with Crippen LogP contribution in [0.1, 0.15) is 31.2 Å². The number of non-ortho nitro benzene ring substituents is 1. The van der Waals surface area contributed by atoms with Crippen LogP contribution in [0.3, 0.4) is 0 Å². The van der Waals surface area contributed by atoms with Crippen molar-refractivity contribution in [1.29, 1.82) is 0 Å². The summed E-state index contributed by atoms with van der Waals surface area (Å²) in [5.41, 5.74) is 1.16. The van der Waals surface area contributed by atoms with Crippen LogP contribution < -0.4 is 0 Å². The zero-order chi connectivity index (χ0) is 13.7. The van der Waals surface area contributed by atoms with Crippen molar-refractivity contribution in [1.82, 2.24) is 9.55 Å². The zero-order valence-corrected chi connectivity index (χ0v) is 11.0. The van der Waals surface area contributed by atoms with Gasteiger partial charge in [0.05, 0.1) is 4.92 Å². The van der Waals surface area contributed by atoms with E-state index in [4.69, 9.17) is 0 Å². The van der Waals surface area contributed by atoms with Gasteiger partial charge in [0.2, 0.25) is 0 Å². The molecule has 2 rings (SSSR count). The van der Waals surface area contributed by atoms with E-state index in [2.05, 4.69) is 16.5 Å². The maximum atomic E-state index is 10.6. The summed E-state index contributed by atoms with van der Waals surface area (Å²) in [5, 5.41) is 10.6. The summed E-state index contributed by atoms with van der Waals surface area (Å²) in [6, 6.07) is 6.65. The molecule has 5 nitrogen and oxygen atoms in total. The Morgan fingerprint density at radius 3 is 2.68 bits per heavy atom. The molecule has 1 heterocycles. The minimum absolute atomic E-state index is 0.123. The van der Waals surface area contributed by atoms with Gasteiger partial charge in [0.1, 0.15) is 5.82 Å². The molecule has 5 heteroatoms. The van der Waals surface area contributed by atoms with E-state index in [1.807, 2.05) is 6.20 Å². The first kappa shape index (κ1) is 13.3. The Bertz CT molecular complexity index is 546. The summed E-state index contributed by atoms with van der Waals surface area (Å²) >= 11 is 0. The van der Waals surface area contributed by atoms with Gasteiger partial charge < -0.3 is 4.57 Å². The van der Waals surface area contributed by atoms with Crippen molar-refractivity contribution in [3.05, 3.63) is 58.2 Å². The minimum Gasteiger partial charge on any atom is -0.335 e. The fourth-order valence-corrected chi connectivity index (χ4v) is 1.96. The molecule has 0 N–H and O–H groups in total. The van der Waals surface area contributed by atoms with E-state index in [0.717, 1.165) is 30.8 Å². The van der Waals surface area contributed by atoms with Gasteiger partial charge in [-0.3, -0.25) is 10.1 Å². The van der Waals surface area contributed by atoms with Gasteiger partial charge in [-0.05, 0) is 12.0 Å². The molecular weight excluding hydrogens is 242 g/mol. The molecule has 0 amide bonds. The van der Waals surface area contributed by atoms with Crippen molar-refractivity contribution in [2.24, 2.45) is 0 Å². The van der Waals surface area contributed by atoms with Gasteiger partial charge in [-0.2, -0.15) is 0 Å². The lowest BCUT2D eigenvalue weighted by Crippen LogP contribution is -2.04. The minimum atomic E-state index is -0.383. The number of benzene rings is 1. The third kappa shape index (κ3) is 3.40. The first-order chi connectivity index (χ1) is 9.20. The molecule has 0 saturated carbocycles. The molecule has 100 valence electrons. The van der Waals surface area contributed by atoms with Gasteiger partial charge in [0.25, 0.3) is 5.69 Å². The van der Waals surface area contributed by atoms with Crippen LogP contribution in [0.25, 0.3) is 0 Å². The summed E-state index contributed by atoms with van der Waals surface area (Å²) in [7, 11) is 0. The van der Waals surface area contributed by atoms with Gasteiger partial charge in [-0.1, -0.05) is 25.5 Å².